The van der Waals surface area contributed by atoms with E-state index in [9.17, 15) is 14.4 Å². The largest absolute Gasteiger partial charge is 0.444 e. The molecule has 2 rings (SSSR count). The maximum absolute atomic E-state index is 12.8. The van der Waals surface area contributed by atoms with Crippen LogP contribution in [0.15, 0.2) is 27.4 Å². The Bertz CT molecular complexity index is 970. The highest BCUT2D eigenvalue weighted by Crippen LogP contribution is 2.31. The fraction of sp³-hybridized carbons (Fsp3) is 0.522. The van der Waals surface area contributed by atoms with Crippen molar-refractivity contribution in [2.24, 2.45) is 0 Å². The number of rotatable bonds is 7. The summed E-state index contributed by atoms with van der Waals surface area (Å²) in [4.78, 5) is 36.8. The summed E-state index contributed by atoms with van der Waals surface area (Å²) in [7, 11) is 0. The number of alkyl carbamates (subject to hydrolysis) is 1. The predicted octanol–water partition coefficient (Wildman–Crippen LogP) is 4.65. The van der Waals surface area contributed by atoms with Crippen molar-refractivity contribution in [1.82, 2.24) is 5.32 Å². The number of ether oxygens (including phenoxy) is 2. The van der Waals surface area contributed by atoms with Crippen molar-refractivity contribution in [3.05, 3.63) is 39.7 Å². The van der Waals surface area contributed by atoms with Gasteiger partial charge in [0.15, 0.2) is 0 Å². The first-order valence-electron chi connectivity index (χ1n) is 10.3. The molecule has 0 spiro atoms. The molecule has 1 aromatic heterocycles. The third-order valence-corrected chi connectivity index (χ3v) is 4.43. The quantitative estimate of drug-likeness (QED) is 0.400. The Kier molecular flexibility index (Phi) is 7.65. The first kappa shape index (κ1) is 23.4. The molecule has 1 N–H and O–H groups in total. The molecule has 0 saturated heterocycles. The molecule has 7 heteroatoms. The molecule has 7 nitrogen and oxygen atoms in total. The fourth-order valence-electron chi connectivity index (χ4n) is 3.07. The van der Waals surface area contributed by atoms with Crippen LogP contribution in [-0.4, -0.2) is 23.7 Å². The van der Waals surface area contributed by atoms with Gasteiger partial charge in [-0.2, -0.15) is 0 Å². The van der Waals surface area contributed by atoms with Crippen LogP contribution >= 0.6 is 0 Å². The smallest absolute Gasteiger partial charge is 0.408 e. The molecule has 30 heavy (non-hydrogen) atoms. The van der Waals surface area contributed by atoms with Gasteiger partial charge in [0.2, 0.25) is 0 Å². The summed E-state index contributed by atoms with van der Waals surface area (Å²) < 4.78 is 16.3. The van der Waals surface area contributed by atoms with Gasteiger partial charge in [0.05, 0.1) is 5.39 Å². The van der Waals surface area contributed by atoms with Crippen molar-refractivity contribution in [2.45, 2.75) is 78.9 Å². The molecule has 0 unspecified atom stereocenters. The zero-order chi connectivity index (χ0) is 22.5. The van der Waals surface area contributed by atoms with Crippen molar-refractivity contribution in [3.8, 4) is 5.75 Å². The summed E-state index contributed by atoms with van der Waals surface area (Å²) in [6.45, 7) is 10.9. The Balaban J connectivity index is 2.35. The van der Waals surface area contributed by atoms with E-state index in [1.165, 1.54) is 6.07 Å². The average Bonchev–Trinajstić information content (AvgIpc) is 2.61. The number of unbranched alkanes of at least 4 members (excludes halogenated alkanes) is 1. The number of aryl methyl sites for hydroxylation is 2. The molecule has 0 aliphatic carbocycles. The average molecular weight is 418 g/mol. The molecular formula is C23H31NO6. The van der Waals surface area contributed by atoms with Gasteiger partial charge >= 0.3 is 17.7 Å². The third kappa shape index (κ3) is 6.34. The van der Waals surface area contributed by atoms with Gasteiger partial charge in [0.1, 0.15) is 23.0 Å². The van der Waals surface area contributed by atoms with E-state index in [2.05, 4.69) is 12.2 Å². The maximum Gasteiger partial charge on any atom is 0.408 e. The molecule has 0 aliphatic rings. The lowest BCUT2D eigenvalue weighted by Gasteiger charge is -2.22. The van der Waals surface area contributed by atoms with Crippen LogP contribution in [0.3, 0.4) is 0 Å². The van der Waals surface area contributed by atoms with Gasteiger partial charge in [-0.25, -0.2) is 14.4 Å². The molecule has 1 amide bonds. The number of amides is 1. The highest BCUT2D eigenvalue weighted by Gasteiger charge is 2.25. The van der Waals surface area contributed by atoms with Crippen molar-refractivity contribution >= 4 is 23.0 Å². The summed E-state index contributed by atoms with van der Waals surface area (Å²) >= 11 is 0. The zero-order valence-corrected chi connectivity index (χ0v) is 18.6. The van der Waals surface area contributed by atoms with Gasteiger partial charge in [0.25, 0.3) is 0 Å². The van der Waals surface area contributed by atoms with Crippen LogP contribution in [0.2, 0.25) is 0 Å². The van der Waals surface area contributed by atoms with Gasteiger partial charge < -0.3 is 19.2 Å². The van der Waals surface area contributed by atoms with Gasteiger partial charge in [-0.1, -0.05) is 20.3 Å². The first-order chi connectivity index (χ1) is 14.0. The lowest BCUT2D eigenvalue weighted by atomic mass is 10.0. The number of hydrogen-bond donors (Lipinski definition) is 1. The molecule has 1 aromatic carbocycles. The first-order valence-corrected chi connectivity index (χ1v) is 10.3. The van der Waals surface area contributed by atoms with E-state index < -0.39 is 29.3 Å². The summed E-state index contributed by atoms with van der Waals surface area (Å²) in [6, 6.07) is 4.06. The standard InChI is InChI=1S/C23H31NO6/c1-7-9-10-15-13-19(25)28-17-11-14(3)12-18(20(15)17)29-21(26)16(8-2)24-22(27)30-23(4,5)6/h11-13,16H,7-10H2,1-6H3,(H,24,27)/t16-/m1/s1. The second-order valence-corrected chi connectivity index (χ2v) is 8.36. The normalized spacial score (nSPS) is 12.5. The number of esters is 1. The van der Waals surface area contributed by atoms with Crippen molar-refractivity contribution in [1.29, 1.82) is 0 Å². The van der Waals surface area contributed by atoms with Crippen molar-refractivity contribution in [2.75, 3.05) is 0 Å². The van der Waals surface area contributed by atoms with E-state index in [0.29, 0.717) is 29.6 Å². The minimum absolute atomic E-state index is 0.314. The number of carbonyl (C=O) groups is 2. The number of benzene rings is 1. The van der Waals surface area contributed by atoms with E-state index in [4.69, 9.17) is 13.9 Å². The molecule has 0 fully saturated rings. The minimum atomic E-state index is -0.870. The Morgan fingerprint density at radius 2 is 1.87 bits per heavy atom. The number of nitrogens with one attached hydrogen (secondary N) is 1. The molecule has 0 bridgehead atoms. The molecule has 2 aromatic rings. The Hall–Kier alpha value is -2.83. The number of fused-ring (bicyclic) bond motifs is 1. The van der Waals surface area contributed by atoms with Gasteiger partial charge in [-0.3, -0.25) is 0 Å². The number of carbonyl (C=O) groups excluding carboxylic acids is 2. The summed E-state index contributed by atoms with van der Waals surface area (Å²) in [5.74, 6) is -0.294. The van der Waals surface area contributed by atoms with Crippen molar-refractivity contribution in [3.63, 3.8) is 0 Å². The molecule has 164 valence electrons. The van der Waals surface area contributed by atoms with E-state index in [-0.39, 0.29) is 0 Å². The van der Waals surface area contributed by atoms with Crippen LogP contribution in [0.5, 0.6) is 5.75 Å². The zero-order valence-electron chi connectivity index (χ0n) is 18.6. The van der Waals surface area contributed by atoms with Crippen LogP contribution in [0.1, 0.15) is 65.0 Å². The van der Waals surface area contributed by atoms with E-state index in [1.54, 1.807) is 39.8 Å². The highest BCUT2D eigenvalue weighted by atomic mass is 16.6. The molecule has 1 atom stereocenters. The molecule has 0 aliphatic heterocycles. The SMILES string of the molecule is CCCCc1cc(=O)oc2cc(C)cc(OC(=O)[C@@H](CC)NC(=O)OC(C)(C)C)c12. The Morgan fingerprint density at radius 3 is 2.47 bits per heavy atom. The highest BCUT2D eigenvalue weighted by molar-refractivity contribution is 5.91. The monoisotopic (exact) mass is 417 g/mol. The Labute approximate surface area is 176 Å². The fourth-order valence-corrected chi connectivity index (χ4v) is 3.07. The molecule has 0 saturated carbocycles. The van der Waals surface area contributed by atoms with Crippen LogP contribution in [0.25, 0.3) is 11.0 Å². The third-order valence-electron chi connectivity index (χ3n) is 4.43. The Morgan fingerprint density at radius 1 is 1.17 bits per heavy atom. The topological polar surface area (TPSA) is 94.8 Å². The summed E-state index contributed by atoms with van der Waals surface area (Å²) in [5, 5.41) is 3.16. The summed E-state index contributed by atoms with van der Waals surface area (Å²) in [5.41, 5.74) is 0.831. The van der Waals surface area contributed by atoms with Gasteiger partial charge in [-0.15, -0.1) is 0 Å². The molecule has 1 heterocycles. The predicted molar refractivity (Wildman–Crippen MR) is 115 cm³/mol. The second kappa shape index (κ2) is 9.78. The van der Waals surface area contributed by atoms with Crippen LogP contribution in [-0.2, 0) is 16.0 Å². The van der Waals surface area contributed by atoms with E-state index >= 15 is 0 Å². The van der Waals surface area contributed by atoms with E-state index in [0.717, 1.165) is 24.0 Å². The minimum Gasteiger partial charge on any atom is -0.444 e. The second-order valence-electron chi connectivity index (χ2n) is 8.36. The summed E-state index contributed by atoms with van der Waals surface area (Å²) in [6.07, 6.45) is 2.16. The maximum atomic E-state index is 12.8. The van der Waals surface area contributed by atoms with Crippen LogP contribution in [0.4, 0.5) is 4.79 Å². The lowest BCUT2D eigenvalue weighted by Crippen LogP contribution is -2.44. The number of hydrogen-bond acceptors (Lipinski definition) is 6. The van der Waals surface area contributed by atoms with Crippen LogP contribution in [0, 0.1) is 6.92 Å². The molecule has 0 radical (unpaired) electrons. The lowest BCUT2D eigenvalue weighted by molar-refractivity contribution is -0.136. The van der Waals surface area contributed by atoms with E-state index in [1.807, 2.05) is 6.92 Å². The van der Waals surface area contributed by atoms with Gasteiger partial charge in [-0.05, 0) is 70.2 Å². The van der Waals surface area contributed by atoms with Gasteiger partial charge in [0, 0.05) is 6.07 Å². The van der Waals surface area contributed by atoms with Crippen LogP contribution < -0.4 is 15.7 Å². The molecular weight excluding hydrogens is 386 g/mol. The van der Waals surface area contributed by atoms with Crippen molar-refractivity contribution < 1.29 is 23.5 Å².